The van der Waals surface area contributed by atoms with E-state index in [0.29, 0.717) is 22.7 Å². The summed E-state index contributed by atoms with van der Waals surface area (Å²) in [6.45, 7) is 0. The number of aromatic hydroxyl groups is 1. The van der Waals surface area contributed by atoms with Gasteiger partial charge in [-0.25, -0.2) is 4.39 Å². The highest BCUT2D eigenvalue weighted by Gasteiger charge is 2.20. The molecule has 0 atom stereocenters. The monoisotopic (exact) mass is 414 g/mol. The summed E-state index contributed by atoms with van der Waals surface area (Å²) >= 11 is 6.10. The summed E-state index contributed by atoms with van der Waals surface area (Å²) < 4.78 is 20.0. The summed E-state index contributed by atoms with van der Waals surface area (Å²) in [6, 6.07) is 9.90. The number of aromatic nitrogens is 1. The lowest BCUT2D eigenvalue weighted by atomic mass is 9.91. The van der Waals surface area contributed by atoms with Gasteiger partial charge < -0.3 is 20.9 Å². The Morgan fingerprint density at radius 2 is 2.00 bits per heavy atom. The average Bonchev–Trinajstić information content (AvgIpc) is 2.71. The maximum absolute atomic E-state index is 14.9. The smallest absolute Gasteiger partial charge is 0.176 e. The summed E-state index contributed by atoms with van der Waals surface area (Å²) in [5.74, 6) is -0.428. The van der Waals surface area contributed by atoms with Crippen LogP contribution < -0.4 is 15.8 Å². The summed E-state index contributed by atoms with van der Waals surface area (Å²) in [7, 11) is 1.42. The van der Waals surface area contributed by atoms with E-state index < -0.39 is 5.82 Å². The van der Waals surface area contributed by atoms with Crippen LogP contribution in [0.1, 0.15) is 25.7 Å². The molecule has 4 rings (SSSR count). The molecule has 7 heteroatoms. The fourth-order valence-electron chi connectivity index (χ4n) is 3.81. The Bertz CT molecular complexity index is 1050. The zero-order valence-electron chi connectivity index (χ0n) is 16.0. The van der Waals surface area contributed by atoms with Gasteiger partial charge in [0, 0.05) is 41.4 Å². The lowest BCUT2D eigenvalue weighted by molar-refractivity contribution is 0.374. The van der Waals surface area contributed by atoms with E-state index in [1.54, 1.807) is 18.3 Å². The Hall–Kier alpha value is -2.57. The normalized spacial score (nSPS) is 19.3. The highest BCUT2D eigenvalue weighted by molar-refractivity contribution is 6.32. The third kappa shape index (κ3) is 3.95. The van der Waals surface area contributed by atoms with Gasteiger partial charge in [0.2, 0.25) is 0 Å². The Balaban J connectivity index is 1.77. The third-order valence-corrected chi connectivity index (χ3v) is 5.74. The third-order valence-electron chi connectivity index (χ3n) is 5.45. The van der Waals surface area contributed by atoms with Gasteiger partial charge in [0.1, 0.15) is 5.82 Å². The first-order valence-electron chi connectivity index (χ1n) is 9.55. The summed E-state index contributed by atoms with van der Waals surface area (Å²) in [4.78, 5) is 4.26. The second kappa shape index (κ2) is 8.05. The van der Waals surface area contributed by atoms with Crippen LogP contribution in [0.3, 0.4) is 0 Å². The molecule has 1 fully saturated rings. The zero-order valence-corrected chi connectivity index (χ0v) is 16.8. The fraction of sp³-hybridized carbons (Fsp3) is 0.318. The minimum absolute atomic E-state index is 0.0912. The molecule has 0 amide bonds. The van der Waals surface area contributed by atoms with Crippen molar-refractivity contribution in [2.45, 2.75) is 37.8 Å². The van der Waals surface area contributed by atoms with E-state index in [1.807, 2.05) is 0 Å². The molecule has 4 N–H and O–H groups in total. The van der Waals surface area contributed by atoms with Crippen LogP contribution >= 0.6 is 11.6 Å². The number of nitrogens with zero attached hydrogens (tertiary/aromatic N) is 1. The first kappa shape index (κ1) is 19.7. The number of anilines is 1. The molecule has 0 saturated heterocycles. The molecule has 2 aromatic carbocycles. The zero-order chi connectivity index (χ0) is 20.5. The molecule has 0 spiro atoms. The van der Waals surface area contributed by atoms with E-state index in [0.717, 1.165) is 36.8 Å². The minimum atomic E-state index is -0.436. The number of halogens is 2. The van der Waals surface area contributed by atoms with Crippen LogP contribution in [-0.4, -0.2) is 29.3 Å². The summed E-state index contributed by atoms with van der Waals surface area (Å²) in [6.07, 6.45) is 5.48. The van der Waals surface area contributed by atoms with Gasteiger partial charge in [-0.1, -0.05) is 11.6 Å². The van der Waals surface area contributed by atoms with Crippen LogP contribution in [0.15, 0.2) is 30.5 Å². The van der Waals surface area contributed by atoms with E-state index in [2.05, 4.69) is 16.4 Å². The lowest BCUT2D eigenvalue weighted by Gasteiger charge is -2.28. The number of hydrogen-bond acceptors (Lipinski definition) is 5. The molecule has 0 bridgehead atoms. The van der Waals surface area contributed by atoms with Crippen molar-refractivity contribution in [2.75, 3.05) is 12.4 Å². The number of ether oxygens (including phenoxy) is 1. The predicted octanol–water partition coefficient (Wildman–Crippen LogP) is 4.89. The van der Waals surface area contributed by atoms with E-state index in [1.165, 1.54) is 19.2 Å². The van der Waals surface area contributed by atoms with Crippen molar-refractivity contribution in [3.05, 3.63) is 47.4 Å². The second-order valence-corrected chi connectivity index (χ2v) is 7.80. The first-order valence-corrected chi connectivity index (χ1v) is 9.93. The molecule has 1 aliphatic rings. The van der Waals surface area contributed by atoms with Gasteiger partial charge in [-0.05, 0) is 49.4 Å². The van der Waals surface area contributed by atoms with Crippen LogP contribution in [-0.2, 0) is 0 Å². The number of methoxy groups -OCH3 is 1. The van der Waals surface area contributed by atoms with Crippen LogP contribution in [0.25, 0.3) is 22.0 Å². The van der Waals surface area contributed by atoms with E-state index in [9.17, 15) is 9.50 Å². The number of hydrogen-bond donors (Lipinski definition) is 3. The van der Waals surface area contributed by atoms with Gasteiger partial charge in [-0.2, -0.15) is 0 Å². The number of pyridine rings is 1. The minimum Gasteiger partial charge on any atom is -0.503 e. The molecule has 0 aliphatic heterocycles. The number of nitrogens with one attached hydrogen (secondary N) is 1. The number of rotatable bonds is 4. The molecule has 151 valence electrons. The molecule has 0 unspecified atom stereocenters. The van der Waals surface area contributed by atoms with Gasteiger partial charge in [-0.15, -0.1) is 0 Å². The van der Waals surface area contributed by atoms with Crippen molar-refractivity contribution in [3.8, 4) is 22.6 Å². The molecule has 1 saturated carbocycles. The summed E-state index contributed by atoms with van der Waals surface area (Å²) in [5.41, 5.74) is 8.17. The van der Waals surface area contributed by atoms with Gasteiger partial charge >= 0.3 is 0 Å². The second-order valence-electron chi connectivity index (χ2n) is 7.39. The van der Waals surface area contributed by atoms with Crippen LogP contribution in [0, 0.1) is 11.9 Å². The number of nitrogens with two attached hydrogens (primary N) is 1. The Labute approximate surface area is 173 Å². The van der Waals surface area contributed by atoms with Crippen molar-refractivity contribution in [3.63, 3.8) is 0 Å². The van der Waals surface area contributed by atoms with Crippen LogP contribution in [0.2, 0.25) is 5.02 Å². The van der Waals surface area contributed by atoms with Crippen molar-refractivity contribution < 1.29 is 14.2 Å². The van der Waals surface area contributed by atoms with Crippen molar-refractivity contribution >= 4 is 28.2 Å². The number of phenolic OH excluding ortho intramolecular Hbond substituents is 1. The quantitative estimate of drug-likeness (QED) is 0.566. The largest absolute Gasteiger partial charge is 0.503 e. The molecule has 3 aromatic rings. The van der Waals surface area contributed by atoms with Gasteiger partial charge in [0.15, 0.2) is 11.5 Å². The molecule has 1 heterocycles. The molecular weight excluding hydrogens is 393 g/mol. The SMILES string of the molecule is COc1cc(-c2cc3c(N[C@H]4CC[C@H](N)CC4)[c]cnc3cc2F)cc(Cl)c1O. The lowest BCUT2D eigenvalue weighted by Crippen LogP contribution is -2.32. The Morgan fingerprint density at radius 3 is 2.72 bits per heavy atom. The van der Waals surface area contributed by atoms with E-state index >= 15 is 0 Å². The Kier molecular flexibility index (Phi) is 5.48. The van der Waals surface area contributed by atoms with Crippen molar-refractivity contribution in [2.24, 2.45) is 5.73 Å². The van der Waals surface area contributed by atoms with Gasteiger partial charge in [-0.3, -0.25) is 4.98 Å². The maximum Gasteiger partial charge on any atom is 0.176 e. The Morgan fingerprint density at radius 1 is 1.24 bits per heavy atom. The molecule has 5 nitrogen and oxygen atoms in total. The van der Waals surface area contributed by atoms with Crippen molar-refractivity contribution in [1.82, 2.24) is 4.98 Å². The fourth-order valence-corrected chi connectivity index (χ4v) is 4.02. The molecule has 1 radical (unpaired) electrons. The molecule has 29 heavy (non-hydrogen) atoms. The van der Waals surface area contributed by atoms with E-state index in [4.69, 9.17) is 22.1 Å². The van der Waals surface area contributed by atoms with Gasteiger partial charge in [0.05, 0.1) is 23.3 Å². The highest BCUT2D eigenvalue weighted by atomic mass is 35.5. The number of benzene rings is 2. The topological polar surface area (TPSA) is 80.4 Å². The standard InChI is InChI=1S/C22H22ClFN3O2/c1-29-21-9-12(8-17(23)22(21)28)15-10-16-19(6-7-26-20(16)11-18(15)24)27-14-4-2-13(25)3-5-14/h7-11,13-14,28H,2-5,25H2,1H3,(H,26,27)/t13-,14-. The van der Waals surface area contributed by atoms with Crippen molar-refractivity contribution in [1.29, 1.82) is 0 Å². The van der Waals surface area contributed by atoms with Crippen LogP contribution in [0.5, 0.6) is 11.5 Å². The van der Waals surface area contributed by atoms with Crippen LogP contribution in [0.4, 0.5) is 10.1 Å². The summed E-state index contributed by atoms with van der Waals surface area (Å²) in [5, 5.41) is 14.3. The molecule has 1 aliphatic carbocycles. The molecular formula is C22H22ClFN3O2. The number of phenols is 1. The highest BCUT2D eigenvalue weighted by Crippen LogP contribution is 2.40. The maximum atomic E-state index is 14.9. The van der Waals surface area contributed by atoms with E-state index in [-0.39, 0.29) is 22.6 Å². The first-order chi connectivity index (χ1) is 14.0. The molecule has 1 aromatic heterocycles. The number of fused-ring (bicyclic) bond motifs is 1. The average molecular weight is 415 g/mol. The predicted molar refractivity (Wildman–Crippen MR) is 113 cm³/mol. The van der Waals surface area contributed by atoms with Gasteiger partial charge in [0.25, 0.3) is 0 Å².